The van der Waals surface area contributed by atoms with Gasteiger partial charge in [0.05, 0.1) is 23.9 Å². The zero-order valence-corrected chi connectivity index (χ0v) is 12.4. The largest absolute Gasteiger partial charge is 0.378 e. The van der Waals surface area contributed by atoms with E-state index in [1.54, 1.807) is 0 Å². The molecule has 0 amide bonds. The van der Waals surface area contributed by atoms with E-state index in [0.717, 1.165) is 39.1 Å². The lowest BCUT2D eigenvalue weighted by Crippen LogP contribution is -2.58. The van der Waals surface area contributed by atoms with Crippen LogP contribution in [0, 0.1) is 5.92 Å². The molecule has 0 aromatic heterocycles. The Labute approximate surface area is 116 Å². The summed E-state index contributed by atoms with van der Waals surface area (Å²) < 4.78 is 17.4. The Hall–Kier alpha value is -0.200. The monoisotopic (exact) mass is 272 g/mol. The zero-order valence-electron chi connectivity index (χ0n) is 12.4. The molecule has 112 valence electrons. The second-order valence-corrected chi connectivity index (χ2v) is 6.27. The normalized spacial score (nSPS) is 33.8. The molecule has 0 radical (unpaired) electrons. The molecule has 2 aliphatic rings. The van der Waals surface area contributed by atoms with Gasteiger partial charge in [-0.2, -0.15) is 0 Å². The molecule has 3 N–H and O–H groups in total. The second-order valence-electron chi connectivity index (χ2n) is 6.27. The van der Waals surface area contributed by atoms with Crippen LogP contribution in [0.2, 0.25) is 0 Å². The van der Waals surface area contributed by atoms with E-state index in [1.807, 2.05) is 6.92 Å². The first-order chi connectivity index (χ1) is 9.03. The van der Waals surface area contributed by atoms with E-state index in [0.29, 0.717) is 12.5 Å². The third kappa shape index (κ3) is 3.28. The number of hydrogen-bond donors (Lipinski definition) is 2. The van der Waals surface area contributed by atoms with Crippen LogP contribution < -0.4 is 11.3 Å². The van der Waals surface area contributed by atoms with Crippen molar-refractivity contribution in [3.8, 4) is 0 Å². The quantitative estimate of drug-likeness (QED) is 0.582. The van der Waals surface area contributed by atoms with Gasteiger partial charge in [-0.25, -0.2) is 0 Å². The fraction of sp³-hybridized carbons (Fsp3) is 1.00. The minimum absolute atomic E-state index is 0.0830. The molecule has 0 bridgehead atoms. The highest BCUT2D eigenvalue weighted by Gasteiger charge is 2.46. The number of nitrogens with two attached hydrogens (primary N) is 1. The van der Waals surface area contributed by atoms with Crippen LogP contribution in [0.4, 0.5) is 0 Å². The third-order valence-corrected chi connectivity index (χ3v) is 4.51. The Balaban J connectivity index is 2.05. The summed E-state index contributed by atoms with van der Waals surface area (Å²) in [5, 5.41) is 0. The van der Waals surface area contributed by atoms with Crippen LogP contribution in [0.25, 0.3) is 0 Å². The Morgan fingerprint density at radius 1 is 1.47 bits per heavy atom. The van der Waals surface area contributed by atoms with Crippen molar-refractivity contribution in [2.24, 2.45) is 11.8 Å². The summed E-state index contributed by atoms with van der Waals surface area (Å²) in [6.45, 7) is 9.24. The van der Waals surface area contributed by atoms with Crippen molar-refractivity contribution in [1.82, 2.24) is 5.43 Å². The number of nitrogens with one attached hydrogen (secondary N) is 1. The maximum Gasteiger partial charge on any atom is 0.0939 e. The highest BCUT2D eigenvalue weighted by molar-refractivity contribution is 4.98. The summed E-state index contributed by atoms with van der Waals surface area (Å²) in [6.07, 6.45) is 3.02. The third-order valence-electron chi connectivity index (χ3n) is 4.51. The summed E-state index contributed by atoms with van der Waals surface area (Å²) >= 11 is 0. The molecule has 2 saturated heterocycles. The predicted molar refractivity (Wildman–Crippen MR) is 73.7 cm³/mol. The predicted octanol–water partition coefficient (Wildman–Crippen LogP) is 1.22. The van der Waals surface area contributed by atoms with Gasteiger partial charge in [-0.15, -0.1) is 0 Å². The molecule has 0 saturated carbocycles. The van der Waals surface area contributed by atoms with E-state index in [4.69, 9.17) is 20.1 Å². The van der Waals surface area contributed by atoms with Crippen molar-refractivity contribution in [3.05, 3.63) is 0 Å². The molecule has 3 unspecified atom stereocenters. The van der Waals surface area contributed by atoms with E-state index in [1.165, 1.54) is 0 Å². The molecule has 3 atom stereocenters. The van der Waals surface area contributed by atoms with Gasteiger partial charge in [0, 0.05) is 26.2 Å². The van der Waals surface area contributed by atoms with Crippen LogP contribution in [0.1, 0.15) is 40.0 Å². The van der Waals surface area contributed by atoms with Crippen molar-refractivity contribution in [3.63, 3.8) is 0 Å². The smallest absolute Gasteiger partial charge is 0.0939 e. The summed E-state index contributed by atoms with van der Waals surface area (Å²) in [7, 11) is 0. The maximum atomic E-state index is 5.99. The van der Waals surface area contributed by atoms with Gasteiger partial charge in [-0.3, -0.25) is 11.3 Å². The average molecular weight is 272 g/mol. The Kier molecular flexibility index (Phi) is 4.84. The van der Waals surface area contributed by atoms with Gasteiger partial charge in [-0.05, 0) is 39.5 Å². The van der Waals surface area contributed by atoms with Gasteiger partial charge >= 0.3 is 0 Å². The molecule has 0 aromatic carbocycles. The molecule has 5 heteroatoms. The van der Waals surface area contributed by atoms with Crippen LogP contribution in [-0.4, -0.2) is 43.7 Å². The van der Waals surface area contributed by atoms with Gasteiger partial charge < -0.3 is 14.2 Å². The molecule has 1 spiro atoms. The Morgan fingerprint density at radius 3 is 2.84 bits per heavy atom. The lowest BCUT2D eigenvalue weighted by atomic mass is 9.76. The van der Waals surface area contributed by atoms with Gasteiger partial charge in [-0.1, -0.05) is 0 Å². The molecule has 2 aliphatic heterocycles. The summed E-state index contributed by atoms with van der Waals surface area (Å²) in [6, 6.07) is 0.133. The van der Waals surface area contributed by atoms with E-state index in [9.17, 15) is 0 Å². The fourth-order valence-corrected chi connectivity index (χ4v) is 3.58. The van der Waals surface area contributed by atoms with Gasteiger partial charge in [0.15, 0.2) is 0 Å². The SMILES string of the molecule is CCOC(C)(C)C(NN)C1CCOC2(CCOC2)C1. The minimum Gasteiger partial charge on any atom is -0.378 e. The first-order valence-electron chi connectivity index (χ1n) is 7.35. The molecule has 2 rings (SSSR count). The van der Waals surface area contributed by atoms with Gasteiger partial charge in [0.2, 0.25) is 0 Å². The molecule has 5 nitrogen and oxygen atoms in total. The molecule has 2 fully saturated rings. The standard InChI is InChI=1S/C14H28N2O3/c1-4-18-13(2,3)12(16-15)11-5-7-19-14(9-11)6-8-17-10-14/h11-12,16H,4-10,15H2,1-3H3. The van der Waals surface area contributed by atoms with Crippen LogP contribution >= 0.6 is 0 Å². The molecule has 2 heterocycles. The minimum atomic E-state index is -0.272. The highest BCUT2D eigenvalue weighted by atomic mass is 16.6. The maximum absolute atomic E-state index is 5.99. The molecule has 0 aliphatic carbocycles. The number of hydrogen-bond acceptors (Lipinski definition) is 5. The highest BCUT2D eigenvalue weighted by Crippen LogP contribution is 2.39. The lowest BCUT2D eigenvalue weighted by Gasteiger charge is -2.45. The Bertz CT molecular complexity index is 290. The Morgan fingerprint density at radius 2 is 2.26 bits per heavy atom. The second kappa shape index (κ2) is 6.06. The number of ether oxygens (including phenoxy) is 3. The van der Waals surface area contributed by atoms with Crippen molar-refractivity contribution in [1.29, 1.82) is 0 Å². The van der Waals surface area contributed by atoms with E-state index < -0.39 is 0 Å². The van der Waals surface area contributed by atoms with Crippen molar-refractivity contribution in [2.75, 3.05) is 26.4 Å². The first-order valence-corrected chi connectivity index (χ1v) is 7.35. The van der Waals surface area contributed by atoms with Crippen molar-refractivity contribution in [2.45, 2.75) is 57.3 Å². The van der Waals surface area contributed by atoms with Gasteiger partial charge in [0.25, 0.3) is 0 Å². The van der Waals surface area contributed by atoms with Crippen molar-refractivity contribution < 1.29 is 14.2 Å². The van der Waals surface area contributed by atoms with E-state index in [2.05, 4.69) is 19.3 Å². The molecular weight excluding hydrogens is 244 g/mol. The fourth-order valence-electron chi connectivity index (χ4n) is 3.58. The topological polar surface area (TPSA) is 65.7 Å². The van der Waals surface area contributed by atoms with Gasteiger partial charge in [0.1, 0.15) is 0 Å². The first kappa shape index (κ1) is 15.2. The lowest BCUT2D eigenvalue weighted by molar-refractivity contribution is -0.125. The van der Waals surface area contributed by atoms with Crippen LogP contribution in [0.5, 0.6) is 0 Å². The van der Waals surface area contributed by atoms with Crippen molar-refractivity contribution >= 4 is 0 Å². The zero-order chi connectivity index (χ0) is 13.9. The molecule has 0 aromatic rings. The molecule has 19 heavy (non-hydrogen) atoms. The summed E-state index contributed by atoms with van der Waals surface area (Å²) in [4.78, 5) is 0. The number of hydrazine groups is 1. The molecular formula is C14H28N2O3. The summed E-state index contributed by atoms with van der Waals surface area (Å²) in [5.74, 6) is 6.27. The average Bonchev–Trinajstić information content (AvgIpc) is 2.77. The van der Waals surface area contributed by atoms with Crippen LogP contribution in [-0.2, 0) is 14.2 Å². The van der Waals surface area contributed by atoms with Crippen LogP contribution in [0.3, 0.4) is 0 Å². The summed E-state index contributed by atoms with van der Waals surface area (Å²) in [5.41, 5.74) is 2.63. The van der Waals surface area contributed by atoms with Crippen LogP contribution in [0.15, 0.2) is 0 Å². The number of rotatable bonds is 5. The van der Waals surface area contributed by atoms with E-state index in [-0.39, 0.29) is 17.2 Å². The van der Waals surface area contributed by atoms with E-state index >= 15 is 0 Å².